The number of hydrogen-bond acceptors (Lipinski definition) is 6. The van der Waals surface area contributed by atoms with E-state index >= 15 is 0 Å². The van der Waals surface area contributed by atoms with Crippen molar-refractivity contribution in [2.24, 2.45) is 15.9 Å². The number of aromatic amines is 1. The second-order valence-corrected chi connectivity index (χ2v) is 5.19. The van der Waals surface area contributed by atoms with E-state index in [2.05, 4.69) is 19.9 Å². The molecule has 9 nitrogen and oxygen atoms in total. The topological polar surface area (TPSA) is 166 Å². The molecule has 19 heavy (non-hydrogen) atoms. The standard InChI is InChI=1S/C9H13N7O2S/c1-2-13-7(11)4-5(10)9(19(12,17)18)16-8-6(4)14-3-15-8/h3H,2,10H2,1H3,(H2,11,13)(H2,12,17,18)(H,14,15,16). The Morgan fingerprint density at radius 3 is 2.79 bits per heavy atom. The maximum Gasteiger partial charge on any atom is 0.257 e. The molecule has 102 valence electrons. The van der Waals surface area contributed by atoms with E-state index in [0.29, 0.717) is 12.1 Å². The molecule has 2 aromatic heterocycles. The summed E-state index contributed by atoms with van der Waals surface area (Å²) in [6.07, 6.45) is 1.35. The molecule has 2 aromatic rings. The Hall–Kier alpha value is -2.20. The predicted molar refractivity (Wildman–Crippen MR) is 70.9 cm³/mol. The number of amidine groups is 1. The van der Waals surface area contributed by atoms with Crippen LogP contribution in [-0.4, -0.2) is 35.8 Å². The highest BCUT2D eigenvalue weighted by Crippen LogP contribution is 2.25. The van der Waals surface area contributed by atoms with Gasteiger partial charge in [-0.05, 0) is 6.92 Å². The maximum atomic E-state index is 11.5. The molecule has 0 aliphatic heterocycles. The van der Waals surface area contributed by atoms with Crippen molar-refractivity contribution in [1.82, 2.24) is 15.0 Å². The molecule has 0 aliphatic rings. The van der Waals surface area contributed by atoms with Crippen LogP contribution in [0.3, 0.4) is 0 Å². The maximum absolute atomic E-state index is 11.5. The minimum Gasteiger partial charge on any atom is -0.396 e. The van der Waals surface area contributed by atoms with Gasteiger partial charge in [0.1, 0.15) is 5.84 Å². The number of nitrogens with two attached hydrogens (primary N) is 3. The highest BCUT2D eigenvalue weighted by molar-refractivity contribution is 7.89. The fraction of sp³-hybridized carbons (Fsp3) is 0.222. The zero-order valence-electron chi connectivity index (χ0n) is 10.1. The number of nitrogen functional groups attached to an aromatic ring is 1. The Bertz CT molecular complexity index is 762. The van der Waals surface area contributed by atoms with E-state index in [1.165, 1.54) is 6.33 Å². The first-order chi connectivity index (χ1) is 8.86. The van der Waals surface area contributed by atoms with Crippen LogP contribution < -0.4 is 16.6 Å². The molecule has 2 rings (SSSR count). The predicted octanol–water partition coefficient (Wildman–Crippen LogP) is -1.09. The number of imidazole rings is 1. The second-order valence-electron chi connectivity index (χ2n) is 3.71. The van der Waals surface area contributed by atoms with Crippen LogP contribution in [0.1, 0.15) is 12.5 Å². The van der Waals surface area contributed by atoms with Crippen LogP contribution in [0.2, 0.25) is 0 Å². The molecule has 2 heterocycles. The lowest BCUT2D eigenvalue weighted by molar-refractivity contribution is 0.595. The van der Waals surface area contributed by atoms with Crippen LogP contribution in [0.25, 0.3) is 11.2 Å². The quantitative estimate of drug-likeness (QED) is 0.412. The minimum atomic E-state index is -4.07. The number of aliphatic imine (C=N–C) groups is 1. The Balaban J connectivity index is 2.91. The van der Waals surface area contributed by atoms with Gasteiger partial charge in [-0.3, -0.25) is 4.99 Å². The summed E-state index contributed by atoms with van der Waals surface area (Å²) >= 11 is 0. The molecule has 0 bridgehead atoms. The zero-order chi connectivity index (χ0) is 14.2. The molecule has 0 radical (unpaired) electrons. The number of anilines is 1. The number of H-pyrrole nitrogens is 1. The summed E-state index contributed by atoms with van der Waals surface area (Å²) in [5.41, 5.74) is 12.3. The molecule has 7 N–H and O–H groups in total. The third-order valence-electron chi connectivity index (χ3n) is 2.43. The lowest BCUT2D eigenvalue weighted by Gasteiger charge is -2.09. The van der Waals surface area contributed by atoms with Crippen molar-refractivity contribution < 1.29 is 8.42 Å². The van der Waals surface area contributed by atoms with Gasteiger partial charge in [0, 0.05) is 6.54 Å². The number of sulfonamides is 1. The SMILES string of the molecule is CCN=C(N)c1c(N)c(S(N)(=O)=O)nc2nc[nH]c12. The second kappa shape index (κ2) is 4.48. The number of primary sulfonamides is 1. The molecule has 0 amide bonds. The Kier molecular flexibility index (Phi) is 3.12. The van der Waals surface area contributed by atoms with Gasteiger partial charge in [-0.25, -0.2) is 23.5 Å². The summed E-state index contributed by atoms with van der Waals surface area (Å²) in [6.45, 7) is 2.21. The van der Waals surface area contributed by atoms with Gasteiger partial charge in [0.2, 0.25) is 0 Å². The fourth-order valence-electron chi connectivity index (χ4n) is 1.69. The molecular formula is C9H13N7O2S. The minimum absolute atomic E-state index is 0.0987. The molecule has 10 heteroatoms. The third-order valence-corrected chi connectivity index (χ3v) is 3.28. The van der Waals surface area contributed by atoms with Crippen molar-refractivity contribution in [1.29, 1.82) is 0 Å². The number of nitrogens with zero attached hydrogens (tertiary/aromatic N) is 3. The van der Waals surface area contributed by atoms with Gasteiger partial charge < -0.3 is 16.5 Å². The Labute approximate surface area is 109 Å². The number of rotatable bonds is 3. The van der Waals surface area contributed by atoms with Crippen LogP contribution >= 0.6 is 0 Å². The summed E-state index contributed by atoms with van der Waals surface area (Å²) in [4.78, 5) is 14.5. The average Bonchev–Trinajstić information content (AvgIpc) is 2.74. The zero-order valence-corrected chi connectivity index (χ0v) is 10.9. The Morgan fingerprint density at radius 2 is 2.21 bits per heavy atom. The summed E-state index contributed by atoms with van der Waals surface area (Å²) in [6, 6.07) is 0. The summed E-state index contributed by atoms with van der Waals surface area (Å²) in [5.74, 6) is 0.0987. The molecule has 0 atom stereocenters. The summed E-state index contributed by atoms with van der Waals surface area (Å²) < 4.78 is 22.9. The molecule has 0 saturated carbocycles. The molecule has 0 fully saturated rings. The van der Waals surface area contributed by atoms with Crippen molar-refractivity contribution in [3.05, 3.63) is 11.9 Å². The van der Waals surface area contributed by atoms with E-state index in [-0.39, 0.29) is 22.7 Å². The number of nitrogens with one attached hydrogen (secondary N) is 1. The first-order valence-electron chi connectivity index (χ1n) is 5.32. The molecule has 0 unspecified atom stereocenters. The third kappa shape index (κ3) is 2.22. The van der Waals surface area contributed by atoms with Crippen molar-refractivity contribution in [2.75, 3.05) is 12.3 Å². The van der Waals surface area contributed by atoms with Crippen molar-refractivity contribution in [3.8, 4) is 0 Å². The van der Waals surface area contributed by atoms with Gasteiger partial charge in [0.25, 0.3) is 10.0 Å². The highest BCUT2D eigenvalue weighted by atomic mass is 32.2. The van der Waals surface area contributed by atoms with Gasteiger partial charge >= 0.3 is 0 Å². The van der Waals surface area contributed by atoms with Crippen LogP contribution in [-0.2, 0) is 10.0 Å². The largest absolute Gasteiger partial charge is 0.396 e. The van der Waals surface area contributed by atoms with Crippen LogP contribution in [0.5, 0.6) is 0 Å². The molecular weight excluding hydrogens is 270 g/mol. The van der Waals surface area contributed by atoms with Crippen molar-refractivity contribution in [3.63, 3.8) is 0 Å². The van der Waals surface area contributed by atoms with E-state index in [1.807, 2.05) is 0 Å². The Morgan fingerprint density at radius 1 is 1.53 bits per heavy atom. The summed E-state index contributed by atoms with van der Waals surface area (Å²) in [7, 11) is -4.07. The molecule has 0 saturated heterocycles. The van der Waals surface area contributed by atoms with Crippen LogP contribution in [0, 0.1) is 0 Å². The lowest BCUT2D eigenvalue weighted by atomic mass is 10.2. The number of hydrogen-bond donors (Lipinski definition) is 4. The van der Waals surface area contributed by atoms with E-state index in [4.69, 9.17) is 16.6 Å². The normalized spacial score (nSPS) is 13.1. The van der Waals surface area contributed by atoms with E-state index in [9.17, 15) is 8.42 Å². The van der Waals surface area contributed by atoms with Gasteiger partial charge in [-0.15, -0.1) is 0 Å². The van der Waals surface area contributed by atoms with Crippen LogP contribution in [0.4, 0.5) is 5.69 Å². The van der Waals surface area contributed by atoms with Crippen LogP contribution in [0.15, 0.2) is 16.3 Å². The van der Waals surface area contributed by atoms with Crippen molar-refractivity contribution in [2.45, 2.75) is 11.9 Å². The first-order valence-corrected chi connectivity index (χ1v) is 6.86. The monoisotopic (exact) mass is 283 g/mol. The van der Waals surface area contributed by atoms with Gasteiger partial charge in [-0.2, -0.15) is 0 Å². The first kappa shape index (κ1) is 13.2. The van der Waals surface area contributed by atoms with E-state index in [1.54, 1.807) is 6.92 Å². The fourth-order valence-corrected chi connectivity index (χ4v) is 2.31. The van der Waals surface area contributed by atoms with Gasteiger partial charge in [0.15, 0.2) is 10.7 Å². The smallest absolute Gasteiger partial charge is 0.257 e. The average molecular weight is 283 g/mol. The van der Waals surface area contributed by atoms with E-state index in [0.717, 1.165) is 0 Å². The van der Waals surface area contributed by atoms with E-state index < -0.39 is 15.0 Å². The molecule has 0 aromatic carbocycles. The molecule has 0 aliphatic carbocycles. The number of aromatic nitrogens is 3. The summed E-state index contributed by atoms with van der Waals surface area (Å²) in [5, 5.41) is 4.61. The molecule has 0 spiro atoms. The van der Waals surface area contributed by atoms with Gasteiger partial charge in [0.05, 0.1) is 23.1 Å². The van der Waals surface area contributed by atoms with Gasteiger partial charge in [-0.1, -0.05) is 0 Å². The number of fused-ring (bicyclic) bond motifs is 1. The number of pyridine rings is 1. The highest BCUT2D eigenvalue weighted by Gasteiger charge is 2.23. The van der Waals surface area contributed by atoms with Crippen molar-refractivity contribution >= 4 is 32.7 Å². The lowest BCUT2D eigenvalue weighted by Crippen LogP contribution is -2.22.